The molecule has 0 atom stereocenters. The van der Waals surface area contributed by atoms with Crippen molar-refractivity contribution < 1.29 is 9.59 Å². The highest BCUT2D eigenvalue weighted by Gasteiger charge is 2.21. The van der Waals surface area contributed by atoms with Crippen LogP contribution >= 0.6 is 0 Å². The Morgan fingerprint density at radius 1 is 1.24 bits per heavy atom. The summed E-state index contributed by atoms with van der Waals surface area (Å²) in [5.74, 6) is 0.00177. The Kier molecular flexibility index (Phi) is 3.53. The number of urea groups is 1. The van der Waals surface area contributed by atoms with E-state index in [1.54, 1.807) is 41.4 Å². The number of nitrogens with zero attached hydrogens (tertiary/aromatic N) is 5. The summed E-state index contributed by atoms with van der Waals surface area (Å²) in [5, 5.41) is 9.66. The fourth-order valence-electron chi connectivity index (χ4n) is 2.63. The van der Waals surface area contributed by atoms with E-state index in [1.165, 1.54) is 4.52 Å². The highest BCUT2D eigenvalue weighted by Crippen LogP contribution is 2.19. The molecule has 25 heavy (non-hydrogen) atoms. The Bertz CT molecular complexity index is 964. The van der Waals surface area contributed by atoms with Crippen molar-refractivity contribution in [3.05, 3.63) is 48.0 Å². The zero-order valence-electron chi connectivity index (χ0n) is 13.4. The van der Waals surface area contributed by atoms with Gasteiger partial charge in [-0.25, -0.2) is 14.3 Å². The molecule has 0 bridgehead atoms. The minimum atomic E-state index is -0.420. The number of benzene rings is 1. The lowest BCUT2D eigenvalue weighted by Gasteiger charge is -2.14. The number of hydrogen-bond acceptors (Lipinski definition) is 5. The Morgan fingerprint density at radius 2 is 2.04 bits per heavy atom. The van der Waals surface area contributed by atoms with Crippen molar-refractivity contribution >= 4 is 29.1 Å². The summed E-state index contributed by atoms with van der Waals surface area (Å²) < 4.78 is 1.52. The minimum absolute atomic E-state index is 0.0461. The summed E-state index contributed by atoms with van der Waals surface area (Å²) in [4.78, 5) is 33.8. The normalized spacial score (nSPS) is 14.0. The van der Waals surface area contributed by atoms with E-state index in [0.717, 1.165) is 11.4 Å². The third-order valence-corrected chi connectivity index (χ3v) is 3.93. The smallest absolute Gasteiger partial charge is 0.321 e. The molecule has 0 aliphatic carbocycles. The van der Waals surface area contributed by atoms with Gasteiger partial charge in [0.25, 0.3) is 11.7 Å². The Labute approximate surface area is 142 Å². The van der Waals surface area contributed by atoms with Crippen molar-refractivity contribution in [1.82, 2.24) is 24.9 Å². The molecule has 0 radical (unpaired) electrons. The maximum absolute atomic E-state index is 12.3. The molecule has 0 unspecified atom stereocenters. The first-order chi connectivity index (χ1) is 12.1. The van der Waals surface area contributed by atoms with Crippen LogP contribution in [0.1, 0.15) is 16.3 Å². The highest BCUT2D eigenvalue weighted by atomic mass is 16.2. The van der Waals surface area contributed by atoms with Crippen LogP contribution in [0.15, 0.2) is 36.5 Å². The molecule has 2 aromatic heterocycles. The van der Waals surface area contributed by atoms with Gasteiger partial charge in [-0.1, -0.05) is 0 Å². The molecule has 2 N–H and O–H groups in total. The quantitative estimate of drug-likeness (QED) is 0.747. The zero-order chi connectivity index (χ0) is 17.4. The molecule has 4 rings (SSSR count). The molecule has 0 spiro atoms. The van der Waals surface area contributed by atoms with Gasteiger partial charge in [-0.05, 0) is 37.3 Å². The molecule has 1 aliphatic rings. The van der Waals surface area contributed by atoms with Crippen LogP contribution in [0.5, 0.6) is 0 Å². The van der Waals surface area contributed by atoms with Crippen molar-refractivity contribution in [2.24, 2.45) is 0 Å². The van der Waals surface area contributed by atoms with Gasteiger partial charge in [0.1, 0.15) is 0 Å². The van der Waals surface area contributed by atoms with Gasteiger partial charge in [-0.15, -0.1) is 5.10 Å². The van der Waals surface area contributed by atoms with Gasteiger partial charge in [0, 0.05) is 36.4 Å². The van der Waals surface area contributed by atoms with Crippen molar-refractivity contribution in [2.45, 2.75) is 6.92 Å². The molecule has 1 saturated heterocycles. The minimum Gasteiger partial charge on any atom is -0.336 e. The number of anilines is 2. The summed E-state index contributed by atoms with van der Waals surface area (Å²) in [6, 6.07) is 8.70. The van der Waals surface area contributed by atoms with Gasteiger partial charge < -0.3 is 10.6 Å². The average molecular weight is 337 g/mol. The number of nitrogens with one attached hydrogen (secondary N) is 2. The van der Waals surface area contributed by atoms with Crippen LogP contribution in [0, 0.1) is 6.92 Å². The molecule has 0 saturated carbocycles. The fraction of sp³-hybridized carbons (Fsp3) is 0.188. The number of aryl methyl sites for hydroxylation is 1. The Hall–Kier alpha value is -3.49. The second-order valence-electron chi connectivity index (χ2n) is 5.62. The van der Waals surface area contributed by atoms with E-state index in [-0.39, 0.29) is 11.9 Å². The molecule has 9 nitrogen and oxygen atoms in total. The second-order valence-corrected chi connectivity index (χ2v) is 5.62. The molecule has 1 aromatic carbocycles. The maximum atomic E-state index is 12.3. The lowest BCUT2D eigenvalue weighted by molar-refractivity contribution is 0.101. The van der Waals surface area contributed by atoms with Crippen molar-refractivity contribution in [2.75, 3.05) is 23.3 Å². The zero-order valence-corrected chi connectivity index (χ0v) is 13.4. The summed E-state index contributed by atoms with van der Waals surface area (Å²) >= 11 is 0. The number of amides is 3. The van der Waals surface area contributed by atoms with Crippen LogP contribution in [0.25, 0.3) is 5.78 Å². The van der Waals surface area contributed by atoms with Crippen LogP contribution in [0.3, 0.4) is 0 Å². The number of hydrogen-bond donors (Lipinski definition) is 2. The first-order valence-corrected chi connectivity index (χ1v) is 7.77. The van der Waals surface area contributed by atoms with E-state index in [9.17, 15) is 9.59 Å². The van der Waals surface area contributed by atoms with E-state index < -0.39 is 5.91 Å². The predicted octanol–water partition coefficient (Wildman–Crippen LogP) is 1.21. The number of carbonyl (C=O) groups excluding carboxylic acids is 2. The van der Waals surface area contributed by atoms with Crippen molar-refractivity contribution in [3.8, 4) is 0 Å². The molecule has 1 fully saturated rings. The van der Waals surface area contributed by atoms with Crippen molar-refractivity contribution in [1.29, 1.82) is 0 Å². The van der Waals surface area contributed by atoms with E-state index in [1.807, 2.05) is 6.92 Å². The number of carbonyl (C=O) groups is 2. The number of fused-ring (bicyclic) bond motifs is 1. The standard InChI is InChI=1S/C16H15N7O2/c1-10-6-7-17-15-20-13(21-23(10)15)14(24)19-11-2-4-12(5-3-11)22-9-8-18-16(22)25/h2-7H,8-9H2,1H3,(H,18,25)(H,19,24). The lowest BCUT2D eigenvalue weighted by atomic mass is 10.2. The van der Waals surface area contributed by atoms with Gasteiger partial charge in [0.15, 0.2) is 0 Å². The maximum Gasteiger partial charge on any atom is 0.321 e. The van der Waals surface area contributed by atoms with E-state index >= 15 is 0 Å². The Balaban J connectivity index is 1.52. The van der Waals surface area contributed by atoms with Crippen LogP contribution < -0.4 is 15.5 Å². The van der Waals surface area contributed by atoms with E-state index in [2.05, 4.69) is 25.7 Å². The predicted molar refractivity (Wildman–Crippen MR) is 90.7 cm³/mol. The lowest BCUT2D eigenvalue weighted by Crippen LogP contribution is -2.27. The molecule has 9 heteroatoms. The largest absolute Gasteiger partial charge is 0.336 e. The third-order valence-electron chi connectivity index (χ3n) is 3.93. The SMILES string of the molecule is Cc1ccnc2nc(C(=O)Nc3ccc(N4CCNC4=O)cc3)nn12. The van der Waals surface area contributed by atoms with Crippen LogP contribution in [0.4, 0.5) is 16.2 Å². The summed E-state index contributed by atoms with van der Waals surface area (Å²) in [5.41, 5.74) is 2.21. The first-order valence-electron chi connectivity index (χ1n) is 7.77. The van der Waals surface area contributed by atoms with Gasteiger partial charge in [0.2, 0.25) is 5.82 Å². The molecular formula is C16H15N7O2. The van der Waals surface area contributed by atoms with Crippen molar-refractivity contribution in [3.63, 3.8) is 0 Å². The second kappa shape index (κ2) is 5.86. The molecule has 1 aliphatic heterocycles. The van der Waals surface area contributed by atoms with Gasteiger partial charge in [-0.3, -0.25) is 9.69 Å². The molecule has 3 heterocycles. The summed E-state index contributed by atoms with van der Waals surface area (Å²) in [7, 11) is 0. The van der Waals surface area contributed by atoms with Crippen LogP contribution in [-0.4, -0.2) is 44.6 Å². The summed E-state index contributed by atoms with van der Waals surface area (Å²) in [6.07, 6.45) is 1.62. The number of rotatable bonds is 3. The molecule has 3 aromatic rings. The van der Waals surface area contributed by atoms with Gasteiger partial charge in [-0.2, -0.15) is 4.98 Å². The van der Waals surface area contributed by atoms with E-state index in [0.29, 0.717) is 24.6 Å². The average Bonchev–Trinajstić information content (AvgIpc) is 3.23. The fourth-order valence-corrected chi connectivity index (χ4v) is 2.63. The van der Waals surface area contributed by atoms with Crippen LogP contribution in [-0.2, 0) is 0 Å². The first kappa shape index (κ1) is 15.1. The third kappa shape index (κ3) is 2.75. The molecule has 126 valence electrons. The van der Waals surface area contributed by atoms with E-state index in [4.69, 9.17) is 0 Å². The molecule has 3 amide bonds. The van der Waals surface area contributed by atoms with Gasteiger partial charge in [0.05, 0.1) is 0 Å². The van der Waals surface area contributed by atoms with Crippen LogP contribution in [0.2, 0.25) is 0 Å². The number of aromatic nitrogens is 4. The topological polar surface area (TPSA) is 105 Å². The molecular weight excluding hydrogens is 322 g/mol. The summed E-state index contributed by atoms with van der Waals surface area (Å²) in [6.45, 7) is 3.12. The van der Waals surface area contributed by atoms with Gasteiger partial charge >= 0.3 is 6.03 Å². The monoisotopic (exact) mass is 337 g/mol. The highest BCUT2D eigenvalue weighted by molar-refractivity contribution is 6.02. The Morgan fingerprint density at radius 3 is 2.72 bits per heavy atom.